The highest BCUT2D eigenvalue weighted by molar-refractivity contribution is 5.80. The first-order valence-electron chi connectivity index (χ1n) is 11.3. The minimum atomic E-state index is -0.0842. The number of ether oxygens (including phenoxy) is 1. The average Bonchev–Trinajstić information content (AvgIpc) is 2.72. The van der Waals surface area contributed by atoms with Crippen LogP contribution in [0.5, 0.6) is 5.75 Å². The fourth-order valence-corrected chi connectivity index (χ4v) is 5.66. The molecule has 5 atom stereocenters. The summed E-state index contributed by atoms with van der Waals surface area (Å²) in [5.41, 5.74) is 1.26. The van der Waals surface area contributed by atoms with E-state index in [1.165, 1.54) is 24.8 Å². The maximum atomic E-state index is 12.5. The van der Waals surface area contributed by atoms with Crippen molar-refractivity contribution in [3.63, 3.8) is 0 Å². The third-order valence-electron chi connectivity index (χ3n) is 7.22. The molecule has 2 amide bonds. The molecule has 5 nitrogen and oxygen atoms in total. The zero-order valence-electron chi connectivity index (χ0n) is 17.7. The number of carbonyl (C=O) groups is 2. The van der Waals surface area contributed by atoms with Gasteiger partial charge in [0.1, 0.15) is 5.75 Å². The molecule has 0 spiro atoms. The Hall–Kier alpha value is -2.04. The summed E-state index contributed by atoms with van der Waals surface area (Å²) in [6.45, 7) is 4.34. The smallest absolute Gasteiger partial charge is 0.258 e. The lowest BCUT2D eigenvalue weighted by Gasteiger charge is -2.49. The fourth-order valence-electron chi connectivity index (χ4n) is 5.66. The normalized spacial score (nSPS) is 31.4. The first kappa shape index (κ1) is 20.2. The molecule has 0 bridgehead atoms. The Morgan fingerprint density at radius 1 is 1.10 bits per heavy atom. The van der Waals surface area contributed by atoms with Crippen LogP contribution in [0, 0.1) is 17.8 Å². The molecule has 2 saturated carbocycles. The van der Waals surface area contributed by atoms with E-state index in [0.717, 1.165) is 31.4 Å². The van der Waals surface area contributed by atoms with E-state index in [-0.39, 0.29) is 36.4 Å². The third kappa shape index (κ3) is 4.59. The minimum Gasteiger partial charge on any atom is -0.484 e. The number of nitrogens with one attached hydrogen (secondary N) is 2. The van der Waals surface area contributed by atoms with Crippen LogP contribution in [0.4, 0.5) is 0 Å². The zero-order valence-corrected chi connectivity index (χ0v) is 17.7. The second kappa shape index (κ2) is 8.76. The van der Waals surface area contributed by atoms with Crippen molar-refractivity contribution >= 4 is 11.8 Å². The Bertz CT molecular complexity index is 730. The Morgan fingerprint density at radius 3 is 2.62 bits per heavy atom. The van der Waals surface area contributed by atoms with E-state index in [1.807, 2.05) is 24.3 Å². The average molecular weight is 399 g/mol. The molecule has 0 aromatic heterocycles. The van der Waals surface area contributed by atoms with Crippen molar-refractivity contribution < 1.29 is 14.3 Å². The van der Waals surface area contributed by atoms with Crippen LogP contribution in [0.3, 0.4) is 0 Å². The van der Waals surface area contributed by atoms with Crippen LogP contribution >= 0.6 is 0 Å². The highest BCUT2D eigenvalue weighted by atomic mass is 16.5. The van der Waals surface area contributed by atoms with Crippen LogP contribution in [0.15, 0.2) is 24.3 Å². The second-order valence-electron chi connectivity index (χ2n) is 9.42. The van der Waals surface area contributed by atoms with Crippen molar-refractivity contribution in [2.45, 2.75) is 76.8 Å². The van der Waals surface area contributed by atoms with E-state index in [4.69, 9.17) is 4.74 Å². The molecule has 5 heteroatoms. The zero-order chi connectivity index (χ0) is 20.4. The lowest BCUT2D eigenvalue weighted by atomic mass is 9.63. The molecule has 2 aliphatic carbocycles. The summed E-state index contributed by atoms with van der Waals surface area (Å²) >= 11 is 0. The van der Waals surface area contributed by atoms with Gasteiger partial charge in [0.25, 0.3) is 5.91 Å². The molecular formula is C24H34N2O3. The van der Waals surface area contributed by atoms with Gasteiger partial charge < -0.3 is 15.4 Å². The number of piperidine rings is 1. The van der Waals surface area contributed by atoms with Gasteiger partial charge in [0.05, 0.1) is 0 Å². The van der Waals surface area contributed by atoms with Gasteiger partial charge in [-0.15, -0.1) is 0 Å². The topological polar surface area (TPSA) is 67.4 Å². The van der Waals surface area contributed by atoms with Crippen molar-refractivity contribution in [2.75, 3.05) is 6.61 Å². The van der Waals surface area contributed by atoms with Gasteiger partial charge in [0.15, 0.2) is 6.61 Å². The monoisotopic (exact) mass is 398 g/mol. The molecule has 0 radical (unpaired) electrons. The number of benzene rings is 1. The highest BCUT2D eigenvalue weighted by Crippen LogP contribution is 2.44. The van der Waals surface area contributed by atoms with E-state index in [0.29, 0.717) is 17.8 Å². The Labute approximate surface area is 174 Å². The largest absolute Gasteiger partial charge is 0.484 e. The lowest BCUT2D eigenvalue weighted by molar-refractivity contribution is -0.136. The summed E-state index contributed by atoms with van der Waals surface area (Å²) in [5.74, 6) is 2.72. The molecule has 1 aromatic rings. The molecule has 29 heavy (non-hydrogen) atoms. The number of fused-ring (bicyclic) bond motifs is 3. The molecule has 1 aliphatic heterocycles. The van der Waals surface area contributed by atoms with Gasteiger partial charge in [-0.05, 0) is 67.6 Å². The van der Waals surface area contributed by atoms with E-state index >= 15 is 0 Å². The standard InChI is InChI=1S/C24H34N2O3/c1-15(2)16-7-10-18(11-8-16)29-14-23(27)25-17-9-12-20-19-5-3-4-6-21(19)24(28)26-22(20)13-17/h7-8,10-11,15,17,19-22H,3-6,9,12-14H2,1-2H3,(H,25,27)(H,26,28). The molecule has 3 aliphatic rings. The van der Waals surface area contributed by atoms with E-state index < -0.39 is 0 Å². The molecule has 5 unspecified atom stereocenters. The molecule has 1 aromatic carbocycles. The first-order chi connectivity index (χ1) is 14.0. The van der Waals surface area contributed by atoms with Crippen LogP contribution in [0.25, 0.3) is 0 Å². The Kier molecular flexibility index (Phi) is 6.12. The summed E-state index contributed by atoms with van der Waals surface area (Å²) in [7, 11) is 0. The van der Waals surface area contributed by atoms with Crippen LogP contribution in [0.2, 0.25) is 0 Å². The predicted molar refractivity (Wildman–Crippen MR) is 113 cm³/mol. The molecule has 3 fully saturated rings. The highest BCUT2D eigenvalue weighted by Gasteiger charge is 2.46. The number of rotatable bonds is 5. The first-order valence-corrected chi connectivity index (χ1v) is 11.3. The molecule has 158 valence electrons. The number of hydrogen-bond donors (Lipinski definition) is 2. The number of hydrogen-bond acceptors (Lipinski definition) is 3. The van der Waals surface area contributed by atoms with Gasteiger partial charge >= 0.3 is 0 Å². The van der Waals surface area contributed by atoms with Crippen molar-refractivity contribution in [1.29, 1.82) is 0 Å². The van der Waals surface area contributed by atoms with Gasteiger partial charge in [-0.1, -0.05) is 38.8 Å². The van der Waals surface area contributed by atoms with Crippen LogP contribution in [0.1, 0.15) is 70.3 Å². The third-order valence-corrected chi connectivity index (χ3v) is 7.22. The van der Waals surface area contributed by atoms with Crippen LogP contribution in [-0.2, 0) is 9.59 Å². The van der Waals surface area contributed by atoms with Crippen molar-refractivity contribution in [2.24, 2.45) is 17.8 Å². The number of carbonyl (C=O) groups excluding carboxylic acids is 2. The van der Waals surface area contributed by atoms with Crippen LogP contribution in [-0.4, -0.2) is 30.5 Å². The van der Waals surface area contributed by atoms with E-state index in [9.17, 15) is 9.59 Å². The lowest BCUT2D eigenvalue weighted by Crippen LogP contribution is -2.59. The summed E-state index contributed by atoms with van der Waals surface area (Å²) in [5, 5.41) is 6.39. The van der Waals surface area contributed by atoms with Crippen molar-refractivity contribution in [3.8, 4) is 5.75 Å². The molecule has 2 N–H and O–H groups in total. The van der Waals surface area contributed by atoms with Gasteiger partial charge in [0.2, 0.25) is 5.91 Å². The minimum absolute atomic E-state index is 0.0304. The maximum Gasteiger partial charge on any atom is 0.258 e. The Morgan fingerprint density at radius 2 is 1.86 bits per heavy atom. The van der Waals surface area contributed by atoms with E-state index in [1.54, 1.807) is 0 Å². The van der Waals surface area contributed by atoms with Crippen molar-refractivity contribution in [1.82, 2.24) is 10.6 Å². The molecule has 1 heterocycles. The quantitative estimate of drug-likeness (QED) is 0.793. The van der Waals surface area contributed by atoms with Gasteiger partial charge in [-0.2, -0.15) is 0 Å². The van der Waals surface area contributed by atoms with E-state index in [2.05, 4.69) is 24.5 Å². The fraction of sp³-hybridized carbons (Fsp3) is 0.667. The number of amides is 2. The van der Waals surface area contributed by atoms with Gasteiger partial charge in [-0.3, -0.25) is 9.59 Å². The summed E-state index contributed by atoms with van der Waals surface area (Å²) in [4.78, 5) is 24.9. The van der Waals surface area contributed by atoms with Gasteiger partial charge in [0, 0.05) is 18.0 Å². The van der Waals surface area contributed by atoms with Gasteiger partial charge in [-0.25, -0.2) is 0 Å². The SMILES string of the molecule is CC(C)c1ccc(OCC(=O)NC2CCC3C(C2)NC(=O)C2CCCCC23)cc1. The maximum absolute atomic E-state index is 12.5. The predicted octanol–water partition coefficient (Wildman–Crippen LogP) is 3.78. The second-order valence-corrected chi connectivity index (χ2v) is 9.42. The molecule has 1 saturated heterocycles. The Balaban J connectivity index is 1.26. The molecular weight excluding hydrogens is 364 g/mol. The van der Waals surface area contributed by atoms with Crippen LogP contribution < -0.4 is 15.4 Å². The summed E-state index contributed by atoms with van der Waals surface area (Å²) in [6, 6.07) is 8.27. The summed E-state index contributed by atoms with van der Waals surface area (Å²) in [6.07, 6.45) is 7.62. The van der Waals surface area contributed by atoms with Crippen molar-refractivity contribution in [3.05, 3.63) is 29.8 Å². The summed E-state index contributed by atoms with van der Waals surface area (Å²) < 4.78 is 5.66. The molecule has 4 rings (SSSR count).